The number of aromatic nitrogens is 1. The summed E-state index contributed by atoms with van der Waals surface area (Å²) in [5.41, 5.74) is 3.92. The van der Waals surface area contributed by atoms with Crippen LogP contribution in [-0.4, -0.2) is 24.6 Å². The molecule has 1 aliphatic carbocycles. The molecule has 3 nitrogen and oxygen atoms in total. The summed E-state index contributed by atoms with van der Waals surface area (Å²) in [6.07, 6.45) is 6.81. The van der Waals surface area contributed by atoms with Crippen molar-refractivity contribution in [3.8, 4) is 0 Å². The first-order valence-corrected chi connectivity index (χ1v) is 7.75. The molecule has 3 rings (SSSR count). The summed E-state index contributed by atoms with van der Waals surface area (Å²) in [5.74, 6) is 0.698. The second kappa shape index (κ2) is 6.02. The third kappa shape index (κ3) is 3.15. The maximum Gasteiger partial charge on any atom is 0.0622 e. The van der Waals surface area contributed by atoms with Gasteiger partial charge in [0.05, 0.1) is 11.7 Å². The number of hydrogen-bond donors (Lipinski definition) is 2. The Morgan fingerprint density at radius 3 is 2.58 bits per heavy atom. The molecule has 0 amide bonds. The highest BCUT2D eigenvalue weighted by Gasteiger charge is 2.20. The molecule has 2 aliphatic rings. The Balaban J connectivity index is 1.82. The molecule has 0 aromatic carbocycles. The van der Waals surface area contributed by atoms with Crippen LogP contribution in [0.1, 0.15) is 61.0 Å². The molecule has 1 saturated carbocycles. The predicted molar refractivity (Wildman–Crippen MR) is 78.4 cm³/mol. The minimum absolute atomic E-state index is 0.385. The average Bonchev–Trinajstić information content (AvgIpc) is 2.48. The number of aryl methyl sites for hydroxylation is 1. The van der Waals surface area contributed by atoms with Gasteiger partial charge >= 0.3 is 0 Å². The van der Waals surface area contributed by atoms with Crippen molar-refractivity contribution in [2.45, 2.75) is 51.0 Å². The van der Waals surface area contributed by atoms with Gasteiger partial charge in [-0.05, 0) is 37.5 Å². The predicted octanol–water partition coefficient (Wildman–Crippen LogP) is 2.67. The van der Waals surface area contributed by atoms with E-state index in [1.807, 2.05) is 0 Å². The molecule has 3 heteroatoms. The van der Waals surface area contributed by atoms with Crippen molar-refractivity contribution >= 4 is 0 Å². The van der Waals surface area contributed by atoms with Crippen LogP contribution in [0.4, 0.5) is 0 Å². The summed E-state index contributed by atoms with van der Waals surface area (Å²) in [6, 6.07) is 4.93. The van der Waals surface area contributed by atoms with Gasteiger partial charge in [-0.2, -0.15) is 0 Å². The third-order valence-electron chi connectivity index (χ3n) is 4.43. The molecule has 1 unspecified atom stereocenters. The Morgan fingerprint density at radius 2 is 1.84 bits per heavy atom. The van der Waals surface area contributed by atoms with E-state index in [9.17, 15) is 0 Å². The van der Waals surface area contributed by atoms with E-state index in [1.165, 1.54) is 49.1 Å². The van der Waals surface area contributed by atoms with Crippen LogP contribution in [0.5, 0.6) is 0 Å². The molecular weight excluding hydrogens is 234 g/mol. The molecule has 0 bridgehead atoms. The van der Waals surface area contributed by atoms with Crippen LogP contribution >= 0.6 is 0 Å². The fourth-order valence-electron chi connectivity index (χ4n) is 3.37. The number of pyridine rings is 1. The Hall–Kier alpha value is -0.930. The zero-order valence-electron chi connectivity index (χ0n) is 11.9. The van der Waals surface area contributed by atoms with Crippen LogP contribution in [0.3, 0.4) is 0 Å². The second-order valence-electron chi connectivity index (χ2n) is 6.04. The van der Waals surface area contributed by atoms with Crippen LogP contribution in [0.2, 0.25) is 0 Å². The Kier molecular flexibility index (Phi) is 4.14. The van der Waals surface area contributed by atoms with Crippen LogP contribution < -0.4 is 10.6 Å². The van der Waals surface area contributed by atoms with E-state index in [4.69, 9.17) is 4.98 Å². The summed E-state index contributed by atoms with van der Waals surface area (Å²) in [7, 11) is 0. The molecule has 104 valence electrons. The van der Waals surface area contributed by atoms with Gasteiger partial charge in [-0.15, -0.1) is 0 Å². The van der Waals surface area contributed by atoms with Gasteiger partial charge in [0.25, 0.3) is 0 Å². The van der Waals surface area contributed by atoms with Crippen molar-refractivity contribution in [2.75, 3.05) is 19.6 Å². The van der Waals surface area contributed by atoms with Crippen molar-refractivity contribution in [3.05, 3.63) is 29.1 Å². The summed E-state index contributed by atoms with van der Waals surface area (Å²) in [6.45, 7) is 5.31. The standard InChI is InChI=1S/C16H25N3/c1-12-9-14(13-5-3-2-4-6-13)19-15(10-12)16-11-17-7-8-18-16/h9-10,13,16-18H,2-8,11H2,1H3. The lowest BCUT2D eigenvalue weighted by atomic mass is 9.86. The highest BCUT2D eigenvalue weighted by Crippen LogP contribution is 2.32. The first-order valence-electron chi connectivity index (χ1n) is 7.75. The molecule has 19 heavy (non-hydrogen) atoms. The zero-order valence-corrected chi connectivity index (χ0v) is 11.9. The van der Waals surface area contributed by atoms with E-state index < -0.39 is 0 Å². The smallest absolute Gasteiger partial charge is 0.0622 e. The van der Waals surface area contributed by atoms with E-state index in [-0.39, 0.29) is 0 Å². The lowest BCUT2D eigenvalue weighted by Crippen LogP contribution is -2.43. The van der Waals surface area contributed by atoms with Gasteiger partial charge in [-0.1, -0.05) is 19.3 Å². The fraction of sp³-hybridized carbons (Fsp3) is 0.688. The van der Waals surface area contributed by atoms with Gasteiger partial charge < -0.3 is 10.6 Å². The summed E-state index contributed by atoms with van der Waals surface area (Å²) < 4.78 is 0. The van der Waals surface area contributed by atoms with Gasteiger partial charge in [0.1, 0.15) is 0 Å². The highest BCUT2D eigenvalue weighted by molar-refractivity contribution is 5.25. The second-order valence-corrected chi connectivity index (χ2v) is 6.04. The molecule has 2 heterocycles. The maximum absolute atomic E-state index is 4.98. The molecule has 1 atom stereocenters. The van der Waals surface area contributed by atoms with Gasteiger partial charge in [-0.25, -0.2) is 0 Å². The largest absolute Gasteiger partial charge is 0.314 e. The first kappa shape index (κ1) is 13.1. The van der Waals surface area contributed by atoms with Crippen molar-refractivity contribution in [1.29, 1.82) is 0 Å². The molecular formula is C16H25N3. The number of rotatable bonds is 2. The topological polar surface area (TPSA) is 37.0 Å². The summed E-state index contributed by atoms with van der Waals surface area (Å²) in [4.78, 5) is 4.98. The van der Waals surface area contributed by atoms with Gasteiger partial charge in [0.2, 0.25) is 0 Å². The summed E-state index contributed by atoms with van der Waals surface area (Å²) in [5, 5.41) is 7.02. The SMILES string of the molecule is Cc1cc(C2CCCCC2)nc(C2CNCCN2)c1. The number of piperazine rings is 1. The van der Waals surface area contributed by atoms with Crippen molar-refractivity contribution in [3.63, 3.8) is 0 Å². The van der Waals surface area contributed by atoms with Crippen LogP contribution in [0.15, 0.2) is 12.1 Å². The molecule has 1 saturated heterocycles. The van der Waals surface area contributed by atoms with Crippen molar-refractivity contribution < 1.29 is 0 Å². The van der Waals surface area contributed by atoms with E-state index in [0.717, 1.165) is 19.6 Å². The fourth-order valence-corrected chi connectivity index (χ4v) is 3.37. The molecule has 0 spiro atoms. The number of nitrogens with one attached hydrogen (secondary N) is 2. The first-order chi connectivity index (χ1) is 9.33. The monoisotopic (exact) mass is 259 g/mol. The van der Waals surface area contributed by atoms with E-state index in [2.05, 4.69) is 29.7 Å². The molecule has 2 N–H and O–H groups in total. The third-order valence-corrected chi connectivity index (χ3v) is 4.43. The van der Waals surface area contributed by atoms with Crippen LogP contribution in [0, 0.1) is 6.92 Å². The minimum Gasteiger partial charge on any atom is -0.314 e. The summed E-state index contributed by atoms with van der Waals surface area (Å²) >= 11 is 0. The molecule has 2 fully saturated rings. The molecule has 1 aromatic rings. The number of nitrogens with zero attached hydrogens (tertiary/aromatic N) is 1. The van der Waals surface area contributed by atoms with Gasteiger partial charge in [0.15, 0.2) is 0 Å². The number of hydrogen-bond acceptors (Lipinski definition) is 3. The Morgan fingerprint density at radius 1 is 1.05 bits per heavy atom. The Bertz CT molecular complexity index is 382. The average molecular weight is 259 g/mol. The molecule has 0 radical (unpaired) electrons. The van der Waals surface area contributed by atoms with Gasteiger partial charge in [-0.3, -0.25) is 4.98 Å². The lowest BCUT2D eigenvalue weighted by molar-refractivity contribution is 0.413. The quantitative estimate of drug-likeness (QED) is 0.857. The van der Waals surface area contributed by atoms with Gasteiger partial charge in [0, 0.05) is 31.2 Å². The minimum atomic E-state index is 0.385. The van der Waals surface area contributed by atoms with E-state index in [1.54, 1.807) is 0 Å². The highest BCUT2D eigenvalue weighted by atomic mass is 15.1. The van der Waals surface area contributed by atoms with Crippen molar-refractivity contribution in [1.82, 2.24) is 15.6 Å². The molecule has 1 aromatic heterocycles. The van der Waals surface area contributed by atoms with Crippen LogP contribution in [-0.2, 0) is 0 Å². The zero-order chi connectivity index (χ0) is 13.1. The normalized spacial score (nSPS) is 25.4. The van der Waals surface area contributed by atoms with Crippen LogP contribution in [0.25, 0.3) is 0 Å². The van der Waals surface area contributed by atoms with E-state index in [0.29, 0.717) is 12.0 Å². The van der Waals surface area contributed by atoms with Crippen molar-refractivity contribution in [2.24, 2.45) is 0 Å². The Labute approximate surface area is 116 Å². The molecule has 1 aliphatic heterocycles. The lowest BCUT2D eigenvalue weighted by Gasteiger charge is -2.26. The maximum atomic E-state index is 4.98. The van der Waals surface area contributed by atoms with E-state index >= 15 is 0 Å².